The highest BCUT2D eigenvalue weighted by Gasteiger charge is 2.17. The number of carbonyl (C=O) groups excluding carboxylic acids is 1. The van der Waals surface area contributed by atoms with Gasteiger partial charge in [0.25, 0.3) is 0 Å². The number of nitrogens with one attached hydrogen (secondary N) is 2. The molecule has 0 bridgehead atoms. The molecule has 0 aromatic carbocycles. The van der Waals surface area contributed by atoms with Crippen molar-refractivity contribution in [2.45, 2.75) is 46.1 Å². The average molecular weight is 299 g/mol. The van der Waals surface area contributed by atoms with Gasteiger partial charge in [0, 0.05) is 30.6 Å². The summed E-state index contributed by atoms with van der Waals surface area (Å²) in [7, 11) is 0. The van der Waals surface area contributed by atoms with Crippen molar-refractivity contribution in [1.29, 1.82) is 0 Å². The quantitative estimate of drug-likeness (QED) is 0.761. The molecule has 6 heteroatoms. The van der Waals surface area contributed by atoms with E-state index >= 15 is 0 Å². The molecule has 0 radical (unpaired) electrons. The van der Waals surface area contributed by atoms with E-state index < -0.39 is 0 Å². The molecule has 1 rings (SSSR count). The van der Waals surface area contributed by atoms with Crippen molar-refractivity contribution in [3.8, 4) is 0 Å². The lowest BCUT2D eigenvalue weighted by molar-refractivity contribution is 0.145. The van der Waals surface area contributed by atoms with Crippen LogP contribution in [-0.4, -0.2) is 30.8 Å². The number of rotatable bonds is 7. The Labute approximate surface area is 125 Å². The average Bonchev–Trinajstić information content (AvgIpc) is 2.85. The smallest absolute Gasteiger partial charge is 0.315 e. The van der Waals surface area contributed by atoms with Gasteiger partial charge in [-0.1, -0.05) is 20.8 Å². The molecule has 5 nitrogen and oxygen atoms in total. The summed E-state index contributed by atoms with van der Waals surface area (Å²) < 4.78 is 5.20. The van der Waals surface area contributed by atoms with Crippen molar-refractivity contribution >= 4 is 17.4 Å². The van der Waals surface area contributed by atoms with Crippen molar-refractivity contribution in [3.05, 3.63) is 16.1 Å². The van der Waals surface area contributed by atoms with Crippen LogP contribution in [0.25, 0.3) is 0 Å². The Hall–Kier alpha value is -1.14. The summed E-state index contributed by atoms with van der Waals surface area (Å²) >= 11 is 1.58. The zero-order valence-electron chi connectivity index (χ0n) is 12.8. The fraction of sp³-hybridized carbons (Fsp3) is 0.714. The molecule has 0 saturated heterocycles. The van der Waals surface area contributed by atoms with Gasteiger partial charge >= 0.3 is 6.03 Å². The van der Waals surface area contributed by atoms with Crippen LogP contribution in [0.15, 0.2) is 5.38 Å². The normalized spacial score (nSPS) is 11.4. The number of hydrogen-bond acceptors (Lipinski definition) is 4. The number of hydrogen-bond donors (Lipinski definition) is 2. The van der Waals surface area contributed by atoms with Gasteiger partial charge in [0.1, 0.15) is 5.01 Å². The minimum Gasteiger partial charge on any atom is -0.382 e. The maximum atomic E-state index is 11.6. The van der Waals surface area contributed by atoms with E-state index in [9.17, 15) is 4.79 Å². The number of aromatic nitrogens is 1. The van der Waals surface area contributed by atoms with Crippen LogP contribution >= 0.6 is 11.3 Å². The summed E-state index contributed by atoms with van der Waals surface area (Å²) in [4.78, 5) is 16.1. The third-order valence-electron chi connectivity index (χ3n) is 2.68. The molecule has 0 aliphatic rings. The van der Waals surface area contributed by atoms with Gasteiger partial charge in [-0.05, 0) is 13.3 Å². The molecule has 1 aromatic heterocycles. The Kier molecular flexibility index (Phi) is 6.95. The van der Waals surface area contributed by atoms with Crippen LogP contribution in [0.1, 0.15) is 44.8 Å². The molecular formula is C14H25N3O2S. The van der Waals surface area contributed by atoms with Crippen LogP contribution in [-0.2, 0) is 16.7 Å². The van der Waals surface area contributed by atoms with Gasteiger partial charge in [0.15, 0.2) is 0 Å². The van der Waals surface area contributed by atoms with Crippen molar-refractivity contribution < 1.29 is 9.53 Å². The summed E-state index contributed by atoms with van der Waals surface area (Å²) in [5, 5.41) is 8.59. The van der Waals surface area contributed by atoms with E-state index in [4.69, 9.17) is 4.74 Å². The van der Waals surface area contributed by atoms with E-state index in [2.05, 4.69) is 41.8 Å². The first-order valence-corrected chi connectivity index (χ1v) is 7.85. The Morgan fingerprint density at radius 2 is 2.15 bits per heavy atom. The minimum absolute atomic E-state index is 0.0519. The third-order valence-corrected chi connectivity index (χ3v) is 3.52. The predicted molar refractivity (Wildman–Crippen MR) is 82.2 cm³/mol. The molecule has 114 valence electrons. The van der Waals surface area contributed by atoms with Crippen molar-refractivity contribution in [2.24, 2.45) is 0 Å². The van der Waals surface area contributed by atoms with Gasteiger partial charge in [0.2, 0.25) is 0 Å². The molecule has 1 heterocycles. The Bertz CT molecular complexity index is 413. The number of thiazole rings is 1. The number of urea groups is 1. The Morgan fingerprint density at radius 3 is 2.75 bits per heavy atom. The number of amides is 2. The highest BCUT2D eigenvalue weighted by Crippen LogP contribution is 2.23. The molecular weight excluding hydrogens is 274 g/mol. The zero-order chi connectivity index (χ0) is 15.0. The highest BCUT2D eigenvalue weighted by atomic mass is 32.1. The number of ether oxygens (including phenoxy) is 1. The lowest BCUT2D eigenvalue weighted by Gasteiger charge is -2.14. The molecule has 0 atom stereocenters. The summed E-state index contributed by atoms with van der Waals surface area (Å²) in [6.45, 7) is 10.8. The lowest BCUT2D eigenvalue weighted by atomic mass is 9.93. The first kappa shape index (κ1) is 16.9. The highest BCUT2D eigenvalue weighted by molar-refractivity contribution is 7.09. The second-order valence-electron chi connectivity index (χ2n) is 5.54. The zero-order valence-corrected chi connectivity index (χ0v) is 13.6. The molecule has 1 aromatic rings. The molecule has 0 unspecified atom stereocenters. The molecule has 0 fully saturated rings. The second kappa shape index (κ2) is 8.21. The molecule has 20 heavy (non-hydrogen) atoms. The topological polar surface area (TPSA) is 63.2 Å². The molecule has 2 N–H and O–H groups in total. The standard InChI is InChI=1S/C14H25N3O2S/c1-5-19-8-6-7-15-13(18)16-9-12-17-11(10-20-12)14(2,3)4/h10H,5-9H2,1-4H3,(H2,15,16,18). The van der Waals surface area contributed by atoms with Crippen molar-refractivity contribution in [1.82, 2.24) is 15.6 Å². The second-order valence-corrected chi connectivity index (χ2v) is 6.48. The van der Waals surface area contributed by atoms with E-state index in [0.717, 1.165) is 17.1 Å². The first-order chi connectivity index (χ1) is 9.43. The lowest BCUT2D eigenvalue weighted by Crippen LogP contribution is -2.35. The summed E-state index contributed by atoms with van der Waals surface area (Å²) in [5.41, 5.74) is 1.12. The van der Waals surface area contributed by atoms with E-state index in [-0.39, 0.29) is 11.4 Å². The fourth-order valence-corrected chi connectivity index (χ4v) is 2.44. The first-order valence-electron chi connectivity index (χ1n) is 6.97. The maximum Gasteiger partial charge on any atom is 0.315 e. The summed E-state index contributed by atoms with van der Waals surface area (Å²) in [6, 6.07) is -0.158. The van der Waals surface area contributed by atoms with Gasteiger partial charge in [-0.25, -0.2) is 9.78 Å². The Morgan fingerprint density at radius 1 is 1.40 bits per heavy atom. The van der Waals surface area contributed by atoms with Gasteiger partial charge < -0.3 is 15.4 Å². The van der Waals surface area contributed by atoms with Crippen LogP contribution in [0, 0.1) is 0 Å². The van der Waals surface area contributed by atoms with Crippen molar-refractivity contribution in [3.63, 3.8) is 0 Å². The summed E-state index contributed by atoms with van der Waals surface area (Å²) in [5.74, 6) is 0. The molecule has 0 spiro atoms. The van der Waals surface area contributed by atoms with E-state index in [0.29, 0.717) is 26.3 Å². The van der Waals surface area contributed by atoms with Gasteiger partial charge in [-0.2, -0.15) is 0 Å². The van der Waals surface area contributed by atoms with Gasteiger partial charge in [0.05, 0.1) is 12.2 Å². The number of carbonyl (C=O) groups is 1. The molecule has 0 aliphatic carbocycles. The van der Waals surface area contributed by atoms with Crippen LogP contribution < -0.4 is 10.6 Å². The molecule has 2 amide bonds. The van der Waals surface area contributed by atoms with Gasteiger partial charge in [-0.15, -0.1) is 11.3 Å². The predicted octanol–water partition coefficient (Wildman–Crippen LogP) is 2.67. The van der Waals surface area contributed by atoms with E-state index in [1.807, 2.05) is 6.92 Å². The van der Waals surface area contributed by atoms with Crippen LogP contribution in [0.4, 0.5) is 4.79 Å². The molecule has 0 aliphatic heterocycles. The third kappa shape index (κ3) is 6.34. The maximum absolute atomic E-state index is 11.6. The Balaban J connectivity index is 2.22. The monoisotopic (exact) mass is 299 g/mol. The van der Waals surface area contributed by atoms with Gasteiger partial charge in [-0.3, -0.25) is 0 Å². The number of nitrogens with zero attached hydrogens (tertiary/aromatic N) is 1. The SMILES string of the molecule is CCOCCCNC(=O)NCc1nc(C(C)(C)C)cs1. The minimum atomic E-state index is -0.158. The fourth-order valence-electron chi connectivity index (χ4n) is 1.48. The van der Waals surface area contributed by atoms with E-state index in [1.54, 1.807) is 11.3 Å². The van der Waals surface area contributed by atoms with Crippen LogP contribution in [0.3, 0.4) is 0 Å². The van der Waals surface area contributed by atoms with Crippen LogP contribution in [0.5, 0.6) is 0 Å². The summed E-state index contributed by atoms with van der Waals surface area (Å²) in [6.07, 6.45) is 0.826. The largest absolute Gasteiger partial charge is 0.382 e. The van der Waals surface area contributed by atoms with Crippen molar-refractivity contribution in [2.75, 3.05) is 19.8 Å². The van der Waals surface area contributed by atoms with Crippen LogP contribution in [0.2, 0.25) is 0 Å². The van der Waals surface area contributed by atoms with E-state index in [1.165, 1.54) is 0 Å². The molecule has 0 saturated carbocycles.